The van der Waals surface area contributed by atoms with Gasteiger partial charge in [0.15, 0.2) is 0 Å². The molecule has 0 spiro atoms. The predicted molar refractivity (Wildman–Crippen MR) is 229 cm³/mol. The Kier molecular flexibility index (Phi) is 7.17. The van der Waals surface area contributed by atoms with Crippen molar-refractivity contribution in [1.82, 2.24) is 0 Å². The smallest absolute Gasteiger partial charge is 0.143 e. The molecule has 0 aliphatic heterocycles. The monoisotopic (exact) mass is 703 g/mol. The molecule has 0 bridgehead atoms. The number of anilines is 3. The lowest BCUT2D eigenvalue weighted by Crippen LogP contribution is -2.11. The van der Waals surface area contributed by atoms with Crippen molar-refractivity contribution in [2.24, 2.45) is 0 Å². The summed E-state index contributed by atoms with van der Waals surface area (Å²) < 4.78 is 12.7. The fourth-order valence-electron chi connectivity index (χ4n) is 8.29. The van der Waals surface area contributed by atoms with Gasteiger partial charge in [-0.25, -0.2) is 0 Å². The van der Waals surface area contributed by atoms with Crippen molar-refractivity contribution in [3.63, 3.8) is 0 Å². The van der Waals surface area contributed by atoms with E-state index < -0.39 is 0 Å². The lowest BCUT2D eigenvalue weighted by atomic mass is 9.94. The highest BCUT2D eigenvalue weighted by Crippen LogP contribution is 2.44. The third kappa shape index (κ3) is 5.20. The predicted octanol–water partition coefficient (Wildman–Crippen LogP) is 15.1. The first kappa shape index (κ1) is 31.2. The van der Waals surface area contributed by atoms with Crippen molar-refractivity contribution in [3.8, 4) is 33.4 Å². The highest BCUT2D eigenvalue weighted by Gasteiger charge is 2.20. The first-order valence-corrected chi connectivity index (χ1v) is 18.7. The molecule has 2 aromatic heterocycles. The second-order valence-corrected chi connectivity index (χ2v) is 14.1. The largest absolute Gasteiger partial charge is 0.456 e. The Morgan fingerprint density at radius 1 is 0.309 bits per heavy atom. The minimum Gasteiger partial charge on any atom is -0.456 e. The zero-order valence-corrected chi connectivity index (χ0v) is 29.8. The van der Waals surface area contributed by atoms with Crippen LogP contribution in [0.4, 0.5) is 17.1 Å². The van der Waals surface area contributed by atoms with E-state index in [9.17, 15) is 0 Å². The number of rotatable bonds is 6. The molecule has 0 aliphatic carbocycles. The molecule has 3 nitrogen and oxygen atoms in total. The molecule has 258 valence electrons. The van der Waals surface area contributed by atoms with Crippen molar-refractivity contribution in [3.05, 3.63) is 200 Å². The molecule has 0 aliphatic rings. The molecule has 0 N–H and O–H groups in total. The number of nitrogens with zero attached hydrogens (tertiary/aromatic N) is 1. The van der Waals surface area contributed by atoms with Crippen molar-refractivity contribution in [2.75, 3.05) is 4.90 Å². The maximum Gasteiger partial charge on any atom is 0.143 e. The lowest BCUT2D eigenvalue weighted by molar-refractivity contribution is 0.669. The van der Waals surface area contributed by atoms with Gasteiger partial charge in [-0.05, 0) is 87.6 Å². The van der Waals surface area contributed by atoms with Gasteiger partial charge in [-0.2, -0.15) is 0 Å². The highest BCUT2D eigenvalue weighted by molar-refractivity contribution is 6.10. The molecule has 0 amide bonds. The molecule has 3 heteroatoms. The zero-order valence-electron chi connectivity index (χ0n) is 29.8. The number of furan rings is 2. The van der Waals surface area contributed by atoms with Gasteiger partial charge in [-0.3, -0.25) is 0 Å². The van der Waals surface area contributed by atoms with E-state index in [0.29, 0.717) is 0 Å². The Labute approximate surface area is 317 Å². The fraction of sp³-hybridized carbons (Fsp3) is 0. The van der Waals surface area contributed by atoms with E-state index in [-0.39, 0.29) is 0 Å². The van der Waals surface area contributed by atoms with Crippen molar-refractivity contribution >= 4 is 71.7 Å². The summed E-state index contributed by atoms with van der Waals surface area (Å²) in [5.41, 5.74) is 13.6. The summed E-state index contributed by atoms with van der Waals surface area (Å²) in [5, 5.41) is 6.92. The van der Waals surface area contributed by atoms with Crippen LogP contribution in [-0.2, 0) is 0 Å². The van der Waals surface area contributed by atoms with Crippen LogP contribution in [0, 0.1) is 0 Å². The van der Waals surface area contributed by atoms with Crippen LogP contribution in [0.15, 0.2) is 209 Å². The van der Waals surface area contributed by atoms with E-state index in [1.807, 2.05) is 24.3 Å². The van der Waals surface area contributed by atoms with E-state index >= 15 is 0 Å². The Hall–Kier alpha value is -7.36. The molecule has 2 heterocycles. The van der Waals surface area contributed by atoms with Gasteiger partial charge in [0.25, 0.3) is 0 Å². The Morgan fingerprint density at radius 2 is 0.873 bits per heavy atom. The van der Waals surface area contributed by atoms with Crippen molar-refractivity contribution in [2.45, 2.75) is 0 Å². The molecule has 0 saturated heterocycles. The van der Waals surface area contributed by atoms with E-state index in [2.05, 4.69) is 181 Å². The summed E-state index contributed by atoms with van der Waals surface area (Å²) in [6.07, 6.45) is 0. The van der Waals surface area contributed by atoms with Crippen molar-refractivity contribution < 1.29 is 8.83 Å². The number of benzene rings is 9. The minimum absolute atomic E-state index is 0.871. The van der Waals surface area contributed by atoms with E-state index in [4.69, 9.17) is 8.83 Å². The van der Waals surface area contributed by atoms with Crippen LogP contribution < -0.4 is 4.90 Å². The van der Waals surface area contributed by atoms with Gasteiger partial charge in [-0.1, -0.05) is 146 Å². The summed E-state index contributed by atoms with van der Waals surface area (Å²) in [7, 11) is 0. The van der Waals surface area contributed by atoms with E-state index in [1.54, 1.807) is 0 Å². The Balaban J connectivity index is 1.08. The number of hydrogen-bond acceptors (Lipinski definition) is 3. The van der Waals surface area contributed by atoms with Crippen LogP contribution in [-0.4, -0.2) is 0 Å². The molecule has 0 unspecified atom stereocenters. The standard InChI is InChI=1S/C52H33NO2/c1-2-16-40-34(12-1)13-10-20-41(40)36-14-9-15-37(32-36)42-17-3-6-23-48(42)53(39-30-31-51-47(33-39)45-19-5-7-24-49(45)54-51)38-28-26-35(27-29-38)43-21-11-22-46-44-18-4-8-25-50(44)55-52(43)46/h1-33H. The zero-order chi connectivity index (χ0) is 36.3. The van der Waals surface area contributed by atoms with Gasteiger partial charge >= 0.3 is 0 Å². The van der Waals surface area contributed by atoms with Gasteiger partial charge < -0.3 is 13.7 Å². The van der Waals surface area contributed by atoms with Crippen LogP contribution in [0.25, 0.3) is 88.0 Å². The van der Waals surface area contributed by atoms with Gasteiger partial charge in [0.05, 0.1) is 5.69 Å². The molecular formula is C52H33NO2. The summed E-state index contributed by atoms with van der Waals surface area (Å²) in [4.78, 5) is 2.37. The average molecular weight is 704 g/mol. The Morgan fingerprint density at radius 3 is 1.73 bits per heavy atom. The van der Waals surface area contributed by atoms with E-state index in [1.165, 1.54) is 21.9 Å². The van der Waals surface area contributed by atoms with Crippen LogP contribution in [0.2, 0.25) is 0 Å². The number of fused-ring (bicyclic) bond motifs is 7. The Bertz CT molecular complexity index is 3220. The molecule has 9 aromatic carbocycles. The van der Waals surface area contributed by atoms with Crippen LogP contribution in [0.3, 0.4) is 0 Å². The minimum atomic E-state index is 0.871. The third-order valence-electron chi connectivity index (χ3n) is 10.9. The van der Waals surface area contributed by atoms with Gasteiger partial charge in [0, 0.05) is 44.0 Å². The van der Waals surface area contributed by atoms with Gasteiger partial charge in [0.1, 0.15) is 22.3 Å². The van der Waals surface area contributed by atoms with Crippen LogP contribution >= 0.6 is 0 Å². The second kappa shape index (κ2) is 12.6. The molecule has 55 heavy (non-hydrogen) atoms. The topological polar surface area (TPSA) is 29.5 Å². The number of para-hydroxylation sites is 4. The van der Waals surface area contributed by atoms with Gasteiger partial charge in [0.2, 0.25) is 0 Å². The average Bonchev–Trinajstić information content (AvgIpc) is 3.82. The summed E-state index contributed by atoms with van der Waals surface area (Å²) in [6, 6.07) is 71.1. The first-order chi connectivity index (χ1) is 27.3. The molecule has 0 atom stereocenters. The lowest BCUT2D eigenvalue weighted by Gasteiger charge is -2.28. The molecule has 0 fully saturated rings. The quantitative estimate of drug-likeness (QED) is 0.173. The molecule has 0 saturated carbocycles. The van der Waals surface area contributed by atoms with E-state index in [0.717, 1.165) is 83.2 Å². The maximum atomic E-state index is 6.43. The van der Waals surface area contributed by atoms with Crippen molar-refractivity contribution in [1.29, 1.82) is 0 Å². The molecule has 0 radical (unpaired) electrons. The third-order valence-corrected chi connectivity index (χ3v) is 10.9. The molecular weight excluding hydrogens is 671 g/mol. The second-order valence-electron chi connectivity index (χ2n) is 14.1. The SMILES string of the molecule is c1cc(-c2ccccc2N(c2ccc(-c3cccc4c3oc3ccccc34)cc2)c2ccc3oc4ccccc4c3c2)cc(-c2cccc3ccccc23)c1. The highest BCUT2D eigenvalue weighted by atomic mass is 16.3. The summed E-state index contributed by atoms with van der Waals surface area (Å²) >= 11 is 0. The molecule has 11 rings (SSSR count). The van der Waals surface area contributed by atoms with Gasteiger partial charge in [-0.15, -0.1) is 0 Å². The summed E-state index contributed by atoms with van der Waals surface area (Å²) in [6.45, 7) is 0. The first-order valence-electron chi connectivity index (χ1n) is 18.7. The summed E-state index contributed by atoms with van der Waals surface area (Å²) in [5.74, 6) is 0. The fourth-order valence-corrected chi connectivity index (χ4v) is 8.29. The van der Waals surface area contributed by atoms with Crippen LogP contribution in [0.5, 0.6) is 0 Å². The normalized spacial score (nSPS) is 11.6. The number of hydrogen-bond donors (Lipinski definition) is 0. The van der Waals surface area contributed by atoms with Crippen LogP contribution in [0.1, 0.15) is 0 Å². The maximum absolute atomic E-state index is 6.43. The molecule has 11 aromatic rings.